The number of hydrogen-bond acceptors (Lipinski definition) is 3. The molecular formula is C15H17ClN2O2S. The van der Waals surface area contributed by atoms with Crippen LogP contribution >= 0.6 is 11.6 Å². The van der Waals surface area contributed by atoms with Gasteiger partial charge < -0.3 is 5.73 Å². The van der Waals surface area contributed by atoms with Gasteiger partial charge in [0.1, 0.15) is 4.90 Å². The first-order chi connectivity index (χ1) is 9.79. The van der Waals surface area contributed by atoms with E-state index in [1.165, 1.54) is 12.1 Å². The highest BCUT2D eigenvalue weighted by Crippen LogP contribution is 2.24. The number of nitrogen functional groups attached to an aromatic ring is 1. The van der Waals surface area contributed by atoms with E-state index in [-0.39, 0.29) is 16.6 Å². The average Bonchev–Trinajstić information content (AvgIpc) is 2.41. The molecule has 1 unspecified atom stereocenters. The Bertz CT molecular complexity index is 743. The highest BCUT2D eigenvalue weighted by atomic mass is 35.5. The standard InChI is InChI=1S/C15H17ClN2O2S/c1-10-3-5-12(6-4-10)11(2)18-21(19,20)15-9-13(16)7-8-14(15)17/h3-9,11,18H,17H2,1-2H3. The van der Waals surface area contributed by atoms with E-state index >= 15 is 0 Å². The molecule has 0 aliphatic heterocycles. The maximum atomic E-state index is 12.4. The van der Waals surface area contributed by atoms with Crippen molar-refractivity contribution in [2.24, 2.45) is 0 Å². The van der Waals surface area contributed by atoms with Crippen molar-refractivity contribution >= 4 is 27.3 Å². The molecule has 0 saturated carbocycles. The summed E-state index contributed by atoms with van der Waals surface area (Å²) < 4.78 is 27.4. The number of sulfonamides is 1. The molecule has 2 aromatic rings. The fourth-order valence-electron chi connectivity index (χ4n) is 1.96. The zero-order valence-electron chi connectivity index (χ0n) is 11.8. The van der Waals surface area contributed by atoms with E-state index in [0.717, 1.165) is 11.1 Å². The number of nitrogens with one attached hydrogen (secondary N) is 1. The fourth-order valence-corrected chi connectivity index (χ4v) is 3.59. The van der Waals surface area contributed by atoms with Crippen molar-refractivity contribution in [3.63, 3.8) is 0 Å². The number of rotatable bonds is 4. The minimum atomic E-state index is -3.73. The normalized spacial score (nSPS) is 13.1. The molecular weight excluding hydrogens is 308 g/mol. The number of nitrogens with two attached hydrogens (primary N) is 1. The van der Waals surface area contributed by atoms with Crippen LogP contribution in [0.3, 0.4) is 0 Å². The van der Waals surface area contributed by atoms with E-state index in [1.807, 2.05) is 31.2 Å². The summed E-state index contributed by atoms with van der Waals surface area (Å²) in [5, 5.41) is 0.326. The van der Waals surface area contributed by atoms with Crippen molar-refractivity contribution in [1.29, 1.82) is 0 Å². The van der Waals surface area contributed by atoms with Crippen LogP contribution in [-0.4, -0.2) is 8.42 Å². The molecule has 1 atom stereocenters. The van der Waals surface area contributed by atoms with Crippen molar-refractivity contribution in [1.82, 2.24) is 4.72 Å². The number of benzene rings is 2. The minimum absolute atomic E-state index is 0.00559. The summed E-state index contributed by atoms with van der Waals surface area (Å²) in [5.74, 6) is 0. The predicted molar refractivity (Wildman–Crippen MR) is 85.8 cm³/mol. The van der Waals surface area contributed by atoms with E-state index in [9.17, 15) is 8.42 Å². The van der Waals surface area contributed by atoms with Crippen LogP contribution in [0.25, 0.3) is 0 Å². The minimum Gasteiger partial charge on any atom is -0.398 e. The lowest BCUT2D eigenvalue weighted by Gasteiger charge is -2.16. The Morgan fingerprint density at radius 1 is 1.14 bits per heavy atom. The molecule has 0 radical (unpaired) electrons. The summed E-state index contributed by atoms with van der Waals surface area (Å²) in [5.41, 5.74) is 7.90. The van der Waals surface area contributed by atoms with E-state index in [0.29, 0.717) is 5.02 Å². The quantitative estimate of drug-likeness (QED) is 0.848. The van der Waals surface area contributed by atoms with Gasteiger partial charge >= 0.3 is 0 Å². The second kappa shape index (κ2) is 6.05. The molecule has 112 valence electrons. The molecule has 0 fully saturated rings. The number of anilines is 1. The Kier molecular flexibility index (Phi) is 4.56. The van der Waals surface area contributed by atoms with E-state index in [2.05, 4.69) is 4.72 Å². The SMILES string of the molecule is Cc1ccc(C(C)NS(=O)(=O)c2cc(Cl)ccc2N)cc1. The van der Waals surface area contributed by atoms with Gasteiger partial charge in [-0.05, 0) is 37.6 Å². The summed E-state index contributed by atoms with van der Waals surface area (Å²) in [7, 11) is -3.73. The molecule has 21 heavy (non-hydrogen) atoms. The Balaban J connectivity index is 2.28. The fraction of sp³-hybridized carbons (Fsp3) is 0.200. The number of aryl methyl sites for hydroxylation is 1. The van der Waals surface area contributed by atoms with Crippen molar-refractivity contribution < 1.29 is 8.42 Å². The summed E-state index contributed by atoms with van der Waals surface area (Å²) in [6, 6.07) is 11.7. The summed E-state index contributed by atoms with van der Waals surface area (Å²) in [6.45, 7) is 3.76. The third-order valence-electron chi connectivity index (χ3n) is 3.17. The summed E-state index contributed by atoms with van der Waals surface area (Å²) in [4.78, 5) is -0.00559. The van der Waals surface area contributed by atoms with E-state index in [4.69, 9.17) is 17.3 Å². The largest absolute Gasteiger partial charge is 0.398 e. The number of halogens is 1. The molecule has 0 bridgehead atoms. The van der Waals surface area contributed by atoms with Gasteiger partial charge in [0.05, 0.1) is 5.69 Å². The lowest BCUT2D eigenvalue weighted by Crippen LogP contribution is -2.27. The first kappa shape index (κ1) is 15.8. The molecule has 0 amide bonds. The molecule has 0 heterocycles. The molecule has 0 aromatic heterocycles. The van der Waals surface area contributed by atoms with Gasteiger partial charge in [0.15, 0.2) is 0 Å². The molecule has 0 aliphatic rings. The molecule has 2 rings (SSSR count). The molecule has 6 heteroatoms. The second-order valence-electron chi connectivity index (χ2n) is 4.94. The average molecular weight is 325 g/mol. The Morgan fingerprint density at radius 2 is 1.76 bits per heavy atom. The van der Waals surface area contributed by atoms with Gasteiger partial charge in [-0.15, -0.1) is 0 Å². The maximum Gasteiger partial charge on any atom is 0.243 e. The van der Waals surface area contributed by atoms with Gasteiger partial charge in [0.2, 0.25) is 10.0 Å². The number of hydrogen-bond donors (Lipinski definition) is 2. The third-order valence-corrected chi connectivity index (χ3v) is 5.01. The molecule has 0 aliphatic carbocycles. The van der Waals surface area contributed by atoms with Crippen LogP contribution in [0, 0.1) is 6.92 Å². The Hall–Kier alpha value is -1.56. The zero-order valence-corrected chi connectivity index (χ0v) is 13.4. The first-order valence-electron chi connectivity index (χ1n) is 6.43. The summed E-state index contributed by atoms with van der Waals surface area (Å²) in [6.07, 6.45) is 0. The lowest BCUT2D eigenvalue weighted by atomic mass is 10.1. The maximum absolute atomic E-state index is 12.4. The van der Waals surface area contributed by atoms with Gasteiger partial charge in [-0.3, -0.25) is 0 Å². The first-order valence-corrected chi connectivity index (χ1v) is 8.29. The van der Waals surface area contributed by atoms with Crippen LogP contribution in [0.2, 0.25) is 5.02 Å². The van der Waals surface area contributed by atoms with Crippen molar-refractivity contribution in [2.45, 2.75) is 24.8 Å². The highest BCUT2D eigenvalue weighted by Gasteiger charge is 2.21. The van der Waals surface area contributed by atoms with Crippen molar-refractivity contribution in [3.8, 4) is 0 Å². The van der Waals surface area contributed by atoms with Gasteiger partial charge in [-0.1, -0.05) is 41.4 Å². The van der Waals surface area contributed by atoms with Crippen LogP contribution in [-0.2, 0) is 10.0 Å². The molecule has 2 aromatic carbocycles. The zero-order chi connectivity index (χ0) is 15.6. The van der Waals surface area contributed by atoms with E-state index < -0.39 is 10.0 Å². The Labute approximate surface area is 130 Å². The molecule has 0 spiro atoms. The molecule has 3 N–H and O–H groups in total. The van der Waals surface area contributed by atoms with Crippen molar-refractivity contribution in [3.05, 3.63) is 58.6 Å². The smallest absolute Gasteiger partial charge is 0.243 e. The van der Waals surface area contributed by atoms with Crippen LogP contribution in [0.15, 0.2) is 47.4 Å². The summed E-state index contributed by atoms with van der Waals surface area (Å²) >= 11 is 5.85. The van der Waals surface area contributed by atoms with Crippen LogP contribution < -0.4 is 10.5 Å². The van der Waals surface area contributed by atoms with Gasteiger partial charge in [-0.25, -0.2) is 13.1 Å². The van der Waals surface area contributed by atoms with Gasteiger partial charge in [0.25, 0.3) is 0 Å². The van der Waals surface area contributed by atoms with Gasteiger partial charge in [0, 0.05) is 11.1 Å². The van der Waals surface area contributed by atoms with Crippen LogP contribution in [0.4, 0.5) is 5.69 Å². The van der Waals surface area contributed by atoms with Gasteiger partial charge in [-0.2, -0.15) is 0 Å². The van der Waals surface area contributed by atoms with Crippen molar-refractivity contribution in [2.75, 3.05) is 5.73 Å². The third kappa shape index (κ3) is 3.75. The Morgan fingerprint density at radius 3 is 2.38 bits per heavy atom. The molecule has 0 saturated heterocycles. The van der Waals surface area contributed by atoms with Crippen LogP contribution in [0.5, 0.6) is 0 Å². The molecule has 4 nitrogen and oxygen atoms in total. The highest BCUT2D eigenvalue weighted by molar-refractivity contribution is 7.89. The predicted octanol–water partition coefficient (Wildman–Crippen LogP) is 3.27. The van der Waals surface area contributed by atoms with Crippen LogP contribution in [0.1, 0.15) is 24.1 Å². The lowest BCUT2D eigenvalue weighted by molar-refractivity contribution is 0.567. The monoisotopic (exact) mass is 324 g/mol. The second-order valence-corrected chi connectivity index (χ2v) is 7.05. The van der Waals surface area contributed by atoms with E-state index in [1.54, 1.807) is 13.0 Å². The topological polar surface area (TPSA) is 72.2 Å².